The van der Waals surface area contributed by atoms with Gasteiger partial charge < -0.3 is 4.90 Å². The standard InChI is InChI=1S/C18H20N2O4S/c1-2-10-19-25(23,24)18-15(20-11-6-3-7-12-20)16(21)13-8-4-5-9-14(13)17(18)22/h2,4-5,8-9,19H,1,3,6-7,10-12H2. The van der Waals surface area contributed by atoms with Crippen molar-refractivity contribution in [1.82, 2.24) is 9.62 Å². The molecule has 0 amide bonds. The van der Waals surface area contributed by atoms with Gasteiger partial charge in [0, 0.05) is 30.8 Å². The van der Waals surface area contributed by atoms with Gasteiger partial charge in [-0.1, -0.05) is 30.3 Å². The molecule has 0 radical (unpaired) electrons. The number of carbonyl (C=O) groups is 2. The fourth-order valence-electron chi connectivity index (χ4n) is 3.23. The van der Waals surface area contributed by atoms with Crippen LogP contribution >= 0.6 is 0 Å². The van der Waals surface area contributed by atoms with Gasteiger partial charge in [-0.2, -0.15) is 0 Å². The van der Waals surface area contributed by atoms with Gasteiger partial charge in [0.2, 0.25) is 21.6 Å². The SMILES string of the molecule is C=CCNS(=O)(=O)C1=C(N2CCCCC2)C(=O)c2ccccc2C1=O. The maximum Gasteiger partial charge on any atom is 0.246 e. The summed E-state index contributed by atoms with van der Waals surface area (Å²) in [4.78, 5) is 27.3. The second-order valence-corrected chi connectivity index (χ2v) is 7.77. The number of carbonyl (C=O) groups excluding carboxylic acids is 2. The van der Waals surface area contributed by atoms with Gasteiger partial charge in [0.05, 0.1) is 0 Å². The van der Waals surface area contributed by atoms with E-state index in [9.17, 15) is 18.0 Å². The molecule has 6 nitrogen and oxygen atoms in total. The summed E-state index contributed by atoms with van der Waals surface area (Å²) < 4.78 is 27.8. The van der Waals surface area contributed by atoms with Gasteiger partial charge in [0.1, 0.15) is 5.70 Å². The van der Waals surface area contributed by atoms with Gasteiger partial charge in [0.15, 0.2) is 4.91 Å². The van der Waals surface area contributed by atoms with E-state index in [1.807, 2.05) is 0 Å². The fraction of sp³-hybridized carbons (Fsp3) is 0.333. The minimum absolute atomic E-state index is 0.0000350. The first kappa shape index (κ1) is 17.6. The molecule has 3 rings (SSSR count). The molecule has 0 bridgehead atoms. The molecule has 1 heterocycles. The highest BCUT2D eigenvalue weighted by molar-refractivity contribution is 7.94. The average Bonchev–Trinajstić information content (AvgIpc) is 2.63. The first-order valence-electron chi connectivity index (χ1n) is 8.25. The Bertz CT molecular complexity index is 865. The van der Waals surface area contributed by atoms with Crippen LogP contribution in [0.15, 0.2) is 47.5 Å². The monoisotopic (exact) mass is 360 g/mol. The van der Waals surface area contributed by atoms with Crippen molar-refractivity contribution in [2.45, 2.75) is 19.3 Å². The Morgan fingerprint density at radius 3 is 2.24 bits per heavy atom. The van der Waals surface area contributed by atoms with Crippen LogP contribution in [0.5, 0.6) is 0 Å². The molecule has 0 atom stereocenters. The highest BCUT2D eigenvalue weighted by Gasteiger charge is 2.41. The zero-order chi connectivity index (χ0) is 18.0. The number of likely N-dealkylation sites (tertiary alicyclic amines) is 1. The molecule has 25 heavy (non-hydrogen) atoms. The lowest BCUT2D eigenvalue weighted by molar-refractivity contribution is 0.0939. The third-order valence-electron chi connectivity index (χ3n) is 4.41. The topological polar surface area (TPSA) is 83.6 Å². The predicted molar refractivity (Wildman–Crippen MR) is 94.7 cm³/mol. The summed E-state index contributed by atoms with van der Waals surface area (Å²) in [7, 11) is -4.12. The first-order valence-corrected chi connectivity index (χ1v) is 9.74. The lowest BCUT2D eigenvalue weighted by Crippen LogP contribution is -2.41. The second kappa shape index (κ2) is 6.93. The summed E-state index contributed by atoms with van der Waals surface area (Å²) in [5, 5.41) is 0. The van der Waals surface area contributed by atoms with Crippen molar-refractivity contribution in [3.8, 4) is 0 Å². The molecule has 1 aliphatic carbocycles. The molecule has 0 aromatic heterocycles. The number of hydrogen-bond acceptors (Lipinski definition) is 5. The van der Waals surface area contributed by atoms with E-state index in [2.05, 4.69) is 11.3 Å². The Hall–Kier alpha value is -2.25. The molecule has 1 N–H and O–H groups in total. The van der Waals surface area contributed by atoms with Crippen LogP contribution in [0.3, 0.4) is 0 Å². The number of piperidine rings is 1. The van der Waals surface area contributed by atoms with Crippen LogP contribution in [-0.4, -0.2) is 44.5 Å². The highest BCUT2D eigenvalue weighted by Crippen LogP contribution is 2.32. The van der Waals surface area contributed by atoms with E-state index in [0.29, 0.717) is 13.1 Å². The summed E-state index contributed by atoms with van der Waals surface area (Å²) >= 11 is 0. The summed E-state index contributed by atoms with van der Waals surface area (Å²) in [6.07, 6.45) is 4.14. The highest BCUT2D eigenvalue weighted by atomic mass is 32.2. The fourth-order valence-corrected chi connectivity index (χ4v) is 4.55. The molecule has 1 fully saturated rings. The number of nitrogens with one attached hydrogen (secondary N) is 1. The third kappa shape index (κ3) is 3.17. The van der Waals surface area contributed by atoms with Crippen LogP contribution in [0.4, 0.5) is 0 Å². The maximum absolute atomic E-state index is 13.0. The molecule has 1 aromatic carbocycles. The number of ketones is 2. The Kier molecular flexibility index (Phi) is 4.87. The van der Waals surface area contributed by atoms with Gasteiger partial charge in [-0.05, 0) is 19.3 Å². The molecule has 0 spiro atoms. The number of rotatable bonds is 5. The second-order valence-electron chi connectivity index (χ2n) is 6.07. The van der Waals surface area contributed by atoms with Crippen LogP contribution < -0.4 is 4.72 Å². The van der Waals surface area contributed by atoms with Crippen molar-refractivity contribution in [1.29, 1.82) is 0 Å². The average molecular weight is 360 g/mol. The predicted octanol–water partition coefficient (Wildman–Crippen LogP) is 1.87. The Morgan fingerprint density at radius 1 is 1.04 bits per heavy atom. The van der Waals surface area contributed by atoms with Gasteiger partial charge in [-0.3, -0.25) is 9.59 Å². The number of fused-ring (bicyclic) bond motifs is 1. The first-order chi connectivity index (χ1) is 12.0. The van der Waals surface area contributed by atoms with E-state index in [1.165, 1.54) is 12.1 Å². The van der Waals surface area contributed by atoms with Crippen LogP contribution in [0.1, 0.15) is 40.0 Å². The van der Waals surface area contributed by atoms with Gasteiger partial charge in [-0.25, -0.2) is 13.1 Å². The Morgan fingerprint density at radius 2 is 1.64 bits per heavy atom. The number of sulfonamides is 1. The number of nitrogens with zero attached hydrogens (tertiary/aromatic N) is 1. The van der Waals surface area contributed by atoms with Gasteiger partial charge in [-0.15, -0.1) is 6.58 Å². The van der Waals surface area contributed by atoms with Crippen LogP contribution in [0.2, 0.25) is 0 Å². The van der Waals surface area contributed by atoms with Crippen LogP contribution in [-0.2, 0) is 10.0 Å². The van der Waals surface area contributed by atoms with Crippen molar-refractivity contribution in [3.05, 3.63) is 58.6 Å². The summed E-state index contributed by atoms with van der Waals surface area (Å²) in [5.74, 6) is -1.04. The zero-order valence-corrected chi connectivity index (χ0v) is 14.6. The van der Waals surface area contributed by atoms with Crippen molar-refractivity contribution in [3.63, 3.8) is 0 Å². The molecule has 7 heteroatoms. The largest absolute Gasteiger partial charge is 0.367 e. The van der Waals surface area contributed by atoms with Gasteiger partial charge in [0.25, 0.3) is 0 Å². The molecule has 1 aliphatic heterocycles. The van der Waals surface area contributed by atoms with E-state index < -0.39 is 26.5 Å². The molecule has 2 aliphatic rings. The summed E-state index contributed by atoms with van der Waals surface area (Å²) in [6, 6.07) is 6.36. The number of allylic oxidation sites excluding steroid dienone is 2. The van der Waals surface area contributed by atoms with E-state index in [0.717, 1.165) is 19.3 Å². The third-order valence-corrected chi connectivity index (χ3v) is 5.87. The molecule has 1 saturated heterocycles. The number of hydrogen-bond donors (Lipinski definition) is 1. The smallest absolute Gasteiger partial charge is 0.246 e. The lowest BCUT2D eigenvalue weighted by Gasteiger charge is -2.33. The maximum atomic E-state index is 13.0. The minimum Gasteiger partial charge on any atom is -0.367 e. The quantitative estimate of drug-likeness (QED) is 0.811. The Labute approximate surface area is 147 Å². The normalized spacial score (nSPS) is 18.3. The zero-order valence-electron chi connectivity index (χ0n) is 13.8. The molecular weight excluding hydrogens is 340 g/mol. The van der Waals surface area contributed by atoms with E-state index >= 15 is 0 Å². The molecule has 0 saturated carbocycles. The molecule has 132 valence electrons. The van der Waals surface area contributed by atoms with Crippen molar-refractivity contribution < 1.29 is 18.0 Å². The number of Topliss-reactive ketones (excluding diaryl/α,β-unsaturated/α-hetero) is 2. The van der Waals surface area contributed by atoms with Gasteiger partial charge >= 0.3 is 0 Å². The van der Waals surface area contributed by atoms with Crippen molar-refractivity contribution in [2.24, 2.45) is 0 Å². The molecule has 0 unspecified atom stereocenters. The lowest BCUT2D eigenvalue weighted by atomic mass is 9.91. The van der Waals surface area contributed by atoms with Crippen LogP contribution in [0.25, 0.3) is 0 Å². The van der Waals surface area contributed by atoms with Crippen molar-refractivity contribution >= 4 is 21.6 Å². The van der Waals surface area contributed by atoms with Crippen molar-refractivity contribution in [2.75, 3.05) is 19.6 Å². The van der Waals surface area contributed by atoms with E-state index in [4.69, 9.17) is 0 Å². The van der Waals surface area contributed by atoms with E-state index in [-0.39, 0.29) is 23.4 Å². The minimum atomic E-state index is -4.12. The summed E-state index contributed by atoms with van der Waals surface area (Å²) in [5.41, 5.74) is 0.392. The summed E-state index contributed by atoms with van der Waals surface area (Å²) in [6.45, 7) is 4.60. The molecular formula is C18H20N2O4S. The van der Waals surface area contributed by atoms with E-state index in [1.54, 1.807) is 23.1 Å². The Balaban J connectivity index is 2.19. The number of benzene rings is 1. The molecule has 1 aromatic rings. The van der Waals surface area contributed by atoms with Crippen LogP contribution in [0, 0.1) is 0 Å².